The number of hydrogen-bond donors (Lipinski definition) is 1. The third kappa shape index (κ3) is 4.34. The Morgan fingerprint density at radius 1 is 1.10 bits per heavy atom. The summed E-state index contributed by atoms with van der Waals surface area (Å²) < 4.78 is 7.61. The number of para-hydroxylation sites is 1. The average Bonchev–Trinajstić information content (AvgIpc) is 3.32. The molecule has 3 aromatic rings. The van der Waals surface area contributed by atoms with E-state index in [1.54, 1.807) is 0 Å². The normalized spacial score (nSPS) is 12.8. The first-order valence-electron chi connectivity index (χ1n) is 10.3. The Labute approximate surface area is 171 Å². The van der Waals surface area contributed by atoms with Gasteiger partial charge < -0.3 is 10.1 Å². The Morgan fingerprint density at radius 3 is 2.59 bits per heavy atom. The summed E-state index contributed by atoms with van der Waals surface area (Å²) in [6, 6.07) is 18.1. The number of amides is 1. The maximum Gasteiger partial charge on any atom is 0.272 e. The zero-order valence-corrected chi connectivity index (χ0v) is 17.0. The van der Waals surface area contributed by atoms with E-state index in [1.807, 2.05) is 73.1 Å². The largest absolute Gasteiger partial charge is 0.491 e. The second-order valence-corrected chi connectivity index (χ2v) is 7.69. The number of benzene rings is 2. The number of fused-ring (bicyclic) bond motifs is 1. The Bertz CT molecular complexity index is 975. The lowest BCUT2D eigenvalue weighted by atomic mass is 10.1. The first-order valence-corrected chi connectivity index (χ1v) is 10.3. The Hall–Kier alpha value is -3.08. The highest BCUT2D eigenvalue weighted by atomic mass is 16.5. The van der Waals surface area contributed by atoms with Crippen LogP contribution in [-0.2, 0) is 19.3 Å². The fraction of sp³-hybridized carbons (Fsp3) is 0.333. The molecule has 0 spiro atoms. The monoisotopic (exact) mass is 389 g/mol. The molecule has 1 heterocycles. The maximum absolute atomic E-state index is 12.8. The van der Waals surface area contributed by atoms with Crippen molar-refractivity contribution in [1.82, 2.24) is 15.1 Å². The second kappa shape index (κ2) is 8.52. The standard InChI is InChI=1S/C24H27N3O2/c1-17(2)29-20-13-11-18(12-14-20)15-16-25-24(28)23-21-9-6-10-22(21)27(26-23)19-7-4-3-5-8-19/h3-5,7-8,11-14,17H,6,9-10,15-16H2,1-2H3,(H,25,28). The lowest BCUT2D eigenvalue weighted by Gasteiger charge is -2.10. The third-order valence-electron chi connectivity index (χ3n) is 5.14. The number of ether oxygens (including phenoxy) is 1. The van der Waals surface area contributed by atoms with Crippen molar-refractivity contribution in [2.45, 2.75) is 45.6 Å². The molecule has 1 amide bonds. The Balaban J connectivity index is 1.40. The van der Waals surface area contributed by atoms with Crippen LogP contribution in [0.1, 0.15) is 47.6 Å². The van der Waals surface area contributed by atoms with E-state index < -0.39 is 0 Å². The number of carbonyl (C=O) groups is 1. The van der Waals surface area contributed by atoms with Gasteiger partial charge in [-0.2, -0.15) is 5.10 Å². The van der Waals surface area contributed by atoms with Crippen molar-refractivity contribution >= 4 is 5.91 Å². The van der Waals surface area contributed by atoms with Gasteiger partial charge in [-0.05, 0) is 69.4 Å². The van der Waals surface area contributed by atoms with E-state index in [1.165, 1.54) is 11.3 Å². The number of carbonyl (C=O) groups excluding carboxylic acids is 1. The first-order chi connectivity index (χ1) is 14.1. The molecule has 29 heavy (non-hydrogen) atoms. The molecule has 1 aliphatic carbocycles. The summed E-state index contributed by atoms with van der Waals surface area (Å²) in [5.41, 5.74) is 5.01. The summed E-state index contributed by atoms with van der Waals surface area (Å²) >= 11 is 0. The Morgan fingerprint density at radius 2 is 1.86 bits per heavy atom. The van der Waals surface area contributed by atoms with Crippen LogP contribution in [0.4, 0.5) is 0 Å². The average molecular weight is 389 g/mol. The predicted octanol–water partition coefficient (Wildman–Crippen LogP) is 4.12. The van der Waals surface area contributed by atoms with Gasteiger partial charge in [0, 0.05) is 17.8 Å². The van der Waals surface area contributed by atoms with Gasteiger partial charge in [0.1, 0.15) is 5.75 Å². The fourth-order valence-electron chi connectivity index (χ4n) is 3.81. The quantitative estimate of drug-likeness (QED) is 0.661. The van der Waals surface area contributed by atoms with Crippen LogP contribution in [0.3, 0.4) is 0 Å². The molecule has 0 aliphatic heterocycles. The van der Waals surface area contributed by atoms with Gasteiger partial charge in [-0.3, -0.25) is 4.79 Å². The predicted molar refractivity (Wildman–Crippen MR) is 114 cm³/mol. The summed E-state index contributed by atoms with van der Waals surface area (Å²) in [6.07, 6.45) is 3.90. The number of aromatic nitrogens is 2. The van der Waals surface area contributed by atoms with E-state index in [-0.39, 0.29) is 12.0 Å². The van der Waals surface area contributed by atoms with Crippen LogP contribution < -0.4 is 10.1 Å². The van der Waals surface area contributed by atoms with E-state index in [2.05, 4.69) is 10.4 Å². The van der Waals surface area contributed by atoms with Crippen LogP contribution >= 0.6 is 0 Å². The van der Waals surface area contributed by atoms with Crippen LogP contribution in [0.2, 0.25) is 0 Å². The molecule has 2 aromatic carbocycles. The molecule has 1 N–H and O–H groups in total. The SMILES string of the molecule is CC(C)Oc1ccc(CCNC(=O)c2nn(-c3ccccc3)c3c2CCC3)cc1. The van der Waals surface area contributed by atoms with Gasteiger partial charge in [0.15, 0.2) is 5.69 Å². The van der Waals surface area contributed by atoms with Crippen molar-refractivity contribution in [1.29, 1.82) is 0 Å². The van der Waals surface area contributed by atoms with Crippen molar-refractivity contribution in [3.05, 3.63) is 77.1 Å². The van der Waals surface area contributed by atoms with Crippen molar-refractivity contribution in [2.75, 3.05) is 6.54 Å². The highest BCUT2D eigenvalue weighted by Gasteiger charge is 2.26. The zero-order valence-electron chi connectivity index (χ0n) is 17.0. The highest BCUT2D eigenvalue weighted by Crippen LogP contribution is 2.27. The minimum atomic E-state index is -0.0856. The molecule has 1 aromatic heterocycles. The number of hydrogen-bond acceptors (Lipinski definition) is 3. The molecule has 5 heteroatoms. The Kier molecular flexibility index (Phi) is 5.65. The molecule has 0 fully saturated rings. The lowest BCUT2D eigenvalue weighted by molar-refractivity contribution is 0.0948. The fourth-order valence-corrected chi connectivity index (χ4v) is 3.81. The van der Waals surface area contributed by atoms with Crippen molar-refractivity contribution in [3.8, 4) is 11.4 Å². The van der Waals surface area contributed by atoms with Crippen LogP contribution in [0.15, 0.2) is 54.6 Å². The maximum atomic E-state index is 12.8. The van der Waals surface area contributed by atoms with Gasteiger partial charge in [-0.1, -0.05) is 30.3 Å². The molecule has 1 aliphatic rings. The first kappa shape index (κ1) is 19.2. The molecule has 5 nitrogen and oxygen atoms in total. The smallest absolute Gasteiger partial charge is 0.272 e. The van der Waals surface area contributed by atoms with Crippen molar-refractivity contribution in [3.63, 3.8) is 0 Å². The molecular weight excluding hydrogens is 362 g/mol. The van der Waals surface area contributed by atoms with Crippen LogP contribution in [0.5, 0.6) is 5.75 Å². The highest BCUT2D eigenvalue weighted by molar-refractivity contribution is 5.94. The van der Waals surface area contributed by atoms with E-state index in [0.717, 1.165) is 42.7 Å². The van der Waals surface area contributed by atoms with Crippen LogP contribution in [-0.4, -0.2) is 28.3 Å². The summed E-state index contributed by atoms with van der Waals surface area (Å²) in [4.78, 5) is 12.8. The van der Waals surface area contributed by atoms with E-state index in [4.69, 9.17) is 4.74 Å². The molecule has 0 saturated heterocycles. The number of rotatable bonds is 7. The molecule has 0 bridgehead atoms. The topological polar surface area (TPSA) is 56.1 Å². The van der Waals surface area contributed by atoms with Gasteiger partial charge in [0.2, 0.25) is 0 Å². The van der Waals surface area contributed by atoms with Gasteiger partial charge in [-0.15, -0.1) is 0 Å². The summed E-state index contributed by atoms with van der Waals surface area (Å²) in [6.45, 7) is 4.61. The number of nitrogens with one attached hydrogen (secondary N) is 1. The molecule has 0 saturated carbocycles. The summed E-state index contributed by atoms with van der Waals surface area (Å²) in [7, 11) is 0. The van der Waals surface area contributed by atoms with Crippen molar-refractivity contribution < 1.29 is 9.53 Å². The molecular formula is C24H27N3O2. The van der Waals surface area contributed by atoms with Crippen molar-refractivity contribution in [2.24, 2.45) is 0 Å². The third-order valence-corrected chi connectivity index (χ3v) is 5.14. The molecule has 0 unspecified atom stereocenters. The zero-order chi connectivity index (χ0) is 20.2. The van der Waals surface area contributed by atoms with Crippen LogP contribution in [0.25, 0.3) is 5.69 Å². The molecule has 4 rings (SSSR count). The molecule has 150 valence electrons. The van der Waals surface area contributed by atoms with E-state index in [0.29, 0.717) is 12.2 Å². The van der Waals surface area contributed by atoms with Crippen LogP contribution in [0, 0.1) is 0 Å². The number of nitrogens with zero attached hydrogens (tertiary/aromatic N) is 2. The lowest BCUT2D eigenvalue weighted by Crippen LogP contribution is -2.27. The van der Waals surface area contributed by atoms with Gasteiger partial charge in [-0.25, -0.2) is 4.68 Å². The second-order valence-electron chi connectivity index (χ2n) is 7.69. The minimum Gasteiger partial charge on any atom is -0.491 e. The van der Waals surface area contributed by atoms with Gasteiger partial charge in [0.25, 0.3) is 5.91 Å². The minimum absolute atomic E-state index is 0.0856. The molecule has 0 atom stereocenters. The summed E-state index contributed by atoms with van der Waals surface area (Å²) in [5, 5.41) is 7.70. The summed E-state index contributed by atoms with van der Waals surface area (Å²) in [5.74, 6) is 0.785. The molecule has 0 radical (unpaired) electrons. The van der Waals surface area contributed by atoms with E-state index >= 15 is 0 Å². The van der Waals surface area contributed by atoms with Gasteiger partial charge in [0.05, 0.1) is 11.8 Å². The van der Waals surface area contributed by atoms with E-state index in [9.17, 15) is 4.79 Å². The van der Waals surface area contributed by atoms with Gasteiger partial charge >= 0.3 is 0 Å².